The highest BCUT2D eigenvalue weighted by Crippen LogP contribution is 2.49. The highest BCUT2D eigenvalue weighted by atomic mass is 32.2. The highest BCUT2D eigenvalue weighted by molar-refractivity contribution is 7.98. The molecule has 134 valence electrons. The predicted molar refractivity (Wildman–Crippen MR) is 98.9 cm³/mol. The quantitative estimate of drug-likeness (QED) is 0.642. The summed E-state index contributed by atoms with van der Waals surface area (Å²) in [5.74, 6) is 0. The largest absolute Gasteiger partial charge is 0.387 e. The van der Waals surface area contributed by atoms with Crippen LogP contribution in [0.15, 0.2) is 28.4 Å². The van der Waals surface area contributed by atoms with Crippen LogP contribution in [0.1, 0.15) is 32.1 Å². The highest BCUT2D eigenvalue weighted by Gasteiger charge is 2.53. The molecule has 2 N–H and O–H groups in total. The number of hydrogen-bond donors (Lipinski definition) is 2. The average molecular weight is 360 g/mol. The van der Waals surface area contributed by atoms with Crippen LogP contribution >= 0.6 is 11.8 Å². The van der Waals surface area contributed by atoms with Crippen molar-refractivity contribution in [1.29, 1.82) is 0 Å². The van der Waals surface area contributed by atoms with Gasteiger partial charge in [0.2, 0.25) is 0 Å². The van der Waals surface area contributed by atoms with Crippen LogP contribution in [0.4, 0.5) is 0 Å². The number of rotatable bonds is 3. The molecular formula is C18H24N4O2S. The zero-order chi connectivity index (χ0) is 17.5. The minimum Gasteiger partial charge on any atom is -0.387 e. The molecule has 2 aliphatic rings. The van der Waals surface area contributed by atoms with Gasteiger partial charge in [-0.25, -0.2) is 9.97 Å². The third-order valence-electron chi connectivity index (χ3n) is 6.04. The number of aliphatic hydroxyl groups is 1. The normalized spacial score (nSPS) is 25.7. The zero-order valence-electron chi connectivity index (χ0n) is 14.5. The van der Waals surface area contributed by atoms with Gasteiger partial charge < -0.3 is 15.0 Å². The van der Waals surface area contributed by atoms with Crippen LogP contribution in [0.3, 0.4) is 0 Å². The second kappa shape index (κ2) is 6.37. The van der Waals surface area contributed by atoms with Crippen LogP contribution in [0.2, 0.25) is 0 Å². The first-order valence-electron chi connectivity index (χ1n) is 8.90. The third kappa shape index (κ3) is 2.78. The summed E-state index contributed by atoms with van der Waals surface area (Å²) in [4.78, 5) is 21.5. The summed E-state index contributed by atoms with van der Waals surface area (Å²) in [6.45, 7) is 1.97. The number of hydrogen-bond acceptors (Lipinski definition) is 6. The summed E-state index contributed by atoms with van der Waals surface area (Å²) in [6.07, 6.45) is 10.3. The number of fused-ring (bicyclic) bond motifs is 1. The molecule has 0 radical (unpaired) electrons. The van der Waals surface area contributed by atoms with E-state index >= 15 is 0 Å². The van der Waals surface area contributed by atoms with Crippen molar-refractivity contribution in [2.24, 2.45) is 5.41 Å². The summed E-state index contributed by atoms with van der Waals surface area (Å²) >= 11 is 1.46. The van der Waals surface area contributed by atoms with Crippen molar-refractivity contribution in [3.8, 4) is 0 Å². The van der Waals surface area contributed by atoms with Gasteiger partial charge in [0.05, 0.1) is 23.0 Å². The lowest BCUT2D eigenvalue weighted by Crippen LogP contribution is -2.60. The maximum absolute atomic E-state index is 12.9. The van der Waals surface area contributed by atoms with Gasteiger partial charge in [0.25, 0.3) is 5.56 Å². The molecule has 1 aliphatic carbocycles. The first-order valence-corrected chi connectivity index (χ1v) is 10.1. The van der Waals surface area contributed by atoms with E-state index in [0.29, 0.717) is 29.0 Å². The number of nitrogens with one attached hydrogen (secondary N) is 1. The molecule has 2 aromatic heterocycles. The molecule has 1 spiro atoms. The van der Waals surface area contributed by atoms with Gasteiger partial charge in [-0.3, -0.25) is 4.79 Å². The van der Waals surface area contributed by atoms with Gasteiger partial charge in [0.1, 0.15) is 0 Å². The van der Waals surface area contributed by atoms with Gasteiger partial charge >= 0.3 is 0 Å². The summed E-state index contributed by atoms with van der Waals surface area (Å²) < 4.78 is 1.65. The predicted octanol–water partition coefficient (Wildman–Crippen LogP) is 1.80. The molecule has 2 fully saturated rings. The molecule has 25 heavy (non-hydrogen) atoms. The van der Waals surface area contributed by atoms with Crippen molar-refractivity contribution in [2.45, 2.75) is 49.4 Å². The summed E-state index contributed by atoms with van der Waals surface area (Å²) in [6, 6.07) is 1.85. The Bertz CT molecular complexity index is 847. The first-order chi connectivity index (χ1) is 12.1. The topological polar surface area (TPSA) is 80.0 Å². The summed E-state index contributed by atoms with van der Waals surface area (Å²) in [5.41, 5.74) is -0.413. The van der Waals surface area contributed by atoms with Crippen LogP contribution in [-0.4, -0.2) is 44.6 Å². The minimum absolute atomic E-state index is 0.112. The molecule has 1 saturated heterocycles. The summed E-state index contributed by atoms with van der Waals surface area (Å²) in [5, 5.41) is 16.1. The Morgan fingerprint density at radius 1 is 1.36 bits per heavy atom. The van der Waals surface area contributed by atoms with E-state index in [4.69, 9.17) is 0 Å². The SMILES string of the molecule is CSc1ncc2c(=O)n(CC3(O)CCNCC34CCCC4)ccc2n1. The Morgan fingerprint density at radius 3 is 2.92 bits per heavy atom. The van der Waals surface area contributed by atoms with E-state index in [9.17, 15) is 9.90 Å². The van der Waals surface area contributed by atoms with Crippen molar-refractivity contribution in [1.82, 2.24) is 19.9 Å². The molecular weight excluding hydrogens is 336 g/mol. The van der Waals surface area contributed by atoms with Crippen molar-refractivity contribution in [3.05, 3.63) is 28.8 Å². The molecule has 0 amide bonds. The summed E-state index contributed by atoms with van der Waals surface area (Å²) in [7, 11) is 0. The van der Waals surface area contributed by atoms with Crippen molar-refractivity contribution < 1.29 is 5.11 Å². The maximum atomic E-state index is 12.9. The fourth-order valence-electron chi connectivity index (χ4n) is 4.55. The molecule has 4 rings (SSSR count). The van der Waals surface area contributed by atoms with Gasteiger partial charge in [0, 0.05) is 24.4 Å². The van der Waals surface area contributed by atoms with Gasteiger partial charge in [-0.1, -0.05) is 24.6 Å². The number of aromatic nitrogens is 3. The smallest absolute Gasteiger partial charge is 0.261 e. The van der Waals surface area contributed by atoms with E-state index in [1.807, 2.05) is 12.3 Å². The van der Waals surface area contributed by atoms with E-state index in [2.05, 4.69) is 15.3 Å². The van der Waals surface area contributed by atoms with E-state index in [-0.39, 0.29) is 11.0 Å². The maximum Gasteiger partial charge on any atom is 0.261 e. The molecule has 7 heteroatoms. The standard InChI is InChI=1S/C18H24N4O2S/c1-25-16-20-10-13-14(21-16)4-9-22(15(13)23)12-18(24)7-8-19-11-17(18)5-2-3-6-17/h4,9-10,19,24H,2-3,5-8,11-12H2,1H3. The monoisotopic (exact) mass is 360 g/mol. The van der Waals surface area contributed by atoms with Gasteiger partial charge in [-0.2, -0.15) is 0 Å². The van der Waals surface area contributed by atoms with Gasteiger partial charge in [0.15, 0.2) is 5.16 Å². The third-order valence-corrected chi connectivity index (χ3v) is 6.60. The van der Waals surface area contributed by atoms with Crippen LogP contribution in [0.25, 0.3) is 10.9 Å². The first kappa shape index (κ1) is 17.0. The number of thioether (sulfide) groups is 1. The lowest BCUT2D eigenvalue weighted by Gasteiger charge is -2.49. The van der Waals surface area contributed by atoms with E-state index < -0.39 is 5.60 Å². The second-order valence-electron chi connectivity index (χ2n) is 7.35. The number of nitrogens with zero attached hydrogens (tertiary/aromatic N) is 3. The molecule has 0 aromatic carbocycles. The Labute approximate surface area is 151 Å². The van der Waals surface area contributed by atoms with Crippen LogP contribution < -0.4 is 10.9 Å². The lowest BCUT2D eigenvalue weighted by atomic mass is 9.66. The minimum atomic E-state index is -0.841. The molecule has 1 aliphatic heterocycles. The van der Waals surface area contributed by atoms with E-state index in [0.717, 1.165) is 38.8 Å². The average Bonchev–Trinajstić information content (AvgIpc) is 3.10. The van der Waals surface area contributed by atoms with Gasteiger partial charge in [-0.05, 0) is 38.1 Å². The van der Waals surface area contributed by atoms with E-state index in [1.54, 1.807) is 17.0 Å². The van der Waals surface area contributed by atoms with Crippen LogP contribution in [0.5, 0.6) is 0 Å². The molecule has 1 saturated carbocycles. The Balaban J connectivity index is 1.72. The molecule has 1 atom stereocenters. The zero-order valence-corrected chi connectivity index (χ0v) is 15.3. The second-order valence-corrected chi connectivity index (χ2v) is 8.12. The number of pyridine rings is 1. The Hall–Kier alpha value is -1.44. The Morgan fingerprint density at radius 2 is 2.16 bits per heavy atom. The molecule has 2 aromatic rings. The van der Waals surface area contributed by atoms with Gasteiger partial charge in [-0.15, -0.1) is 0 Å². The molecule has 1 unspecified atom stereocenters. The van der Waals surface area contributed by atoms with Crippen LogP contribution in [0, 0.1) is 5.41 Å². The Kier molecular flexibility index (Phi) is 4.33. The van der Waals surface area contributed by atoms with E-state index in [1.165, 1.54) is 11.8 Å². The van der Waals surface area contributed by atoms with Crippen molar-refractivity contribution in [2.75, 3.05) is 19.3 Å². The van der Waals surface area contributed by atoms with Crippen LogP contribution in [-0.2, 0) is 6.54 Å². The fraction of sp³-hybridized carbons (Fsp3) is 0.611. The molecule has 3 heterocycles. The van der Waals surface area contributed by atoms with Crippen molar-refractivity contribution >= 4 is 22.7 Å². The fourth-order valence-corrected chi connectivity index (χ4v) is 4.90. The molecule has 6 nitrogen and oxygen atoms in total. The number of piperidine rings is 1. The lowest BCUT2D eigenvalue weighted by molar-refractivity contribution is -0.115. The molecule has 0 bridgehead atoms. The van der Waals surface area contributed by atoms with Crippen molar-refractivity contribution in [3.63, 3.8) is 0 Å².